The van der Waals surface area contributed by atoms with Crippen molar-refractivity contribution in [1.82, 2.24) is 0 Å². The zero-order valence-electron chi connectivity index (χ0n) is 12.0. The predicted octanol–water partition coefficient (Wildman–Crippen LogP) is 4.56. The van der Waals surface area contributed by atoms with Crippen molar-refractivity contribution in [2.45, 2.75) is 32.7 Å². The topological polar surface area (TPSA) is 30.5 Å². The number of alkyl halides is 3. The molecule has 0 aliphatic rings. The molecule has 1 N–H and O–H groups in total. The van der Waals surface area contributed by atoms with Crippen LogP contribution in [0.3, 0.4) is 0 Å². The zero-order chi connectivity index (χ0) is 15.9. The monoisotopic (exact) mass is 325 g/mol. The Morgan fingerprint density at radius 2 is 1.81 bits per heavy atom. The number of hydrogen-bond acceptors (Lipinski definition) is 3. The molecule has 0 bridgehead atoms. The number of rotatable bonds is 8. The Morgan fingerprint density at radius 3 is 2.29 bits per heavy atom. The van der Waals surface area contributed by atoms with Crippen molar-refractivity contribution >= 4 is 17.3 Å². The summed E-state index contributed by atoms with van der Waals surface area (Å²) in [7, 11) is 0. The van der Waals surface area contributed by atoms with E-state index in [0.29, 0.717) is 31.9 Å². The fourth-order valence-corrected chi connectivity index (χ4v) is 1.99. The summed E-state index contributed by atoms with van der Waals surface area (Å²) in [6, 6.07) is 3.23. The van der Waals surface area contributed by atoms with Crippen LogP contribution in [-0.4, -0.2) is 26.0 Å². The maximum absolute atomic E-state index is 12.5. The standard InChI is InChI=1S/C14H19ClF3NO2/c1-3-20-13(21-4-2)7-8-19-12-6-5-10(9-11(12)15)14(16,17)18/h5-6,9,13,19H,3-4,7-8H2,1-2H3. The minimum atomic E-state index is -4.39. The fraction of sp³-hybridized carbons (Fsp3) is 0.571. The molecule has 21 heavy (non-hydrogen) atoms. The van der Waals surface area contributed by atoms with Crippen LogP contribution < -0.4 is 5.32 Å². The van der Waals surface area contributed by atoms with Crippen LogP contribution in [-0.2, 0) is 15.7 Å². The van der Waals surface area contributed by atoms with Gasteiger partial charge in [-0.15, -0.1) is 0 Å². The number of ether oxygens (including phenoxy) is 2. The molecule has 0 aliphatic carbocycles. The fourth-order valence-electron chi connectivity index (χ4n) is 1.75. The van der Waals surface area contributed by atoms with Crippen LogP contribution in [0.5, 0.6) is 0 Å². The van der Waals surface area contributed by atoms with Gasteiger partial charge in [0.05, 0.1) is 16.3 Å². The van der Waals surface area contributed by atoms with Gasteiger partial charge < -0.3 is 14.8 Å². The van der Waals surface area contributed by atoms with E-state index in [2.05, 4.69) is 5.32 Å². The van der Waals surface area contributed by atoms with Gasteiger partial charge in [0, 0.05) is 26.2 Å². The number of benzene rings is 1. The lowest BCUT2D eigenvalue weighted by Gasteiger charge is -2.18. The second-order valence-corrected chi connectivity index (χ2v) is 4.66. The second-order valence-electron chi connectivity index (χ2n) is 4.25. The molecule has 0 atom stereocenters. The summed E-state index contributed by atoms with van der Waals surface area (Å²) in [5.41, 5.74) is -0.309. The van der Waals surface area contributed by atoms with Gasteiger partial charge in [-0.2, -0.15) is 13.2 Å². The first-order valence-corrected chi connectivity index (χ1v) is 7.10. The average molecular weight is 326 g/mol. The second kappa shape index (κ2) is 8.46. The predicted molar refractivity (Wildman–Crippen MR) is 76.6 cm³/mol. The van der Waals surface area contributed by atoms with E-state index in [4.69, 9.17) is 21.1 Å². The largest absolute Gasteiger partial charge is 0.416 e. The van der Waals surface area contributed by atoms with Crippen molar-refractivity contribution in [3.63, 3.8) is 0 Å². The van der Waals surface area contributed by atoms with Crippen molar-refractivity contribution in [3.05, 3.63) is 28.8 Å². The van der Waals surface area contributed by atoms with Crippen molar-refractivity contribution in [1.29, 1.82) is 0 Å². The lowest BCUT2D eigenvalue weighted by molar-refractivity contribution is -0.137. The van der Waals surface area contributed by atoms with E-state index >= 15 is 0 Å². The Balaban J connectivity index is 2.56. The van der Waals surface area contributed by atoms with Crippen LogP contribution in [0.25, 0.3) is 0 Å². The minimum absolute atomic E-state index is 0.0363. The van der Waals surface area contributed by atoms with Crippen LogP contribution in [0.15, 0.2) is 18.2 Å². The van der Waals surface area contributed by atoms with Gasteiger partial charge in [0.25, 0.3) is 0 Å². The molecule has 0 radical (unpaired) electrons. The first-order valence-electron chi connectivity index (χ1n) is 6.72. The molecule has 3 nitrogen and oxygen atoms in total. The Morgan fingerprint density at radius 1 is 1.19 bits per heavy atom. The summed E-state index contributed by atoms with van der Waals surface area (Å²) in [4.78, 5) is 0. The first kappa shape index (κ1) is 18.1. The summed E-state index contributed by atoms with van der Waals surface area (Å²) in [5, 5.41) is 3.02. The summed E-state index contributed by atoms with van der Waals surface area (Å²) in [6.07, 6.45) is -4.16. The van der Waals surface area contributed by atoms with Gasteiger partial charge >= 0.3 is 6.18 Å². The van der Waals surface area contributed by atoms with Crippen molar-refractivity contribution in [2.75, 3.05) is 25.1 Å². The van der Waals surface area contributed by atoms with Gasteiger partial charge in [0.15, 0.2) is 6.29 Å². The zero-order valence-corrected chi connectivity index (χ0v) is 12.7. The van der Waals surface area contributed by atoms with E-state index in [0.717, 1.165) is 12.1 Å². The Labute approximate surface area is 127 Å². The van der Waals surface area contributed by atoms with E-state index in [-0.39, 0.29) is 11.3 Å². The van der Waals surface area contributed by atoms with Crippen molar-refractivity contribution in [2.24, 2.45) is 0 Å². The smallest absolute Gasteiger partial charge is 0.384 e. The van der Waals surface area contributed by atoms with Crippen LogP contribution in [0, 0.1) is 0 Å². The highest BCUT2D eigenvalue weighted by atomic mass is 35.5. The average Bonchev–Trinajstić information content (AvgIpc) is 2.40. The molecular formula is C14H19ClF3NO2. The van der Waals surface area contributed by atoms with E-state index in [9.17, 15) is 13.2 Å². The lowest BCUT2D eigenvalue weighted by atomic mass is 10.2. The molecule has 0 saturated carbocycles. The van der Waals surface area contributed by atoms with Crippen molar-refractivity contribution < 1.29 is 22.6 Å². The molecule has 0 amide bonds. The number of anilines is 1. The number of hydrogen-bond donors (Lipinski definition) is 1. The SMILES string of the molecule is CCOC(CCNc1ccc(C(F)(F)F)cc1Cl)OCC. The van der Waals surface area contributed by atoms with Gasteiger partial charge in [-0.3, -0.25) is 0 Å². The third-order valence-corrected chi connectivity index (χ3v) is 3.01. The molecule has 1 rings (SSSR count). The van der Waals surface area contributed by atoms with Gasteiger partial charge in [-0.25, -0.2) is 0 Å². The van der Waals surface area contributed by atoms with Gasteiger partial charge in [-0.1, -0.05) is 11.6 Å². The maximum Gasteiger partial charge on any atom is 0.416 e. The Kier molecular flexibility index (Phi) is 7.28. The Bertz CT molecular complexity index is 435. The molecule has 0 aromatic heterocycles. The van der Waals surface area contributed by atoms with E-state index in [1.54, 1.807) is 0 Å². The van der Waals surface area contributed by atoms with Gasteiger partial charge in [0.2, 0.25) is 0 Å². The highest BCUT2D eigenvalue weighted by Gasteiger charge is 2.30. The van der Waals surface area contributed by atoms with E-state index in [1.807, 2.05) is 13.8 Å². The molecule has 0 aliphatic heterocycles. The van der Waals surface area contributed by atoms with Gasteiger partial charge in [-0.05, 0) is 32.0 Å². The molecule has 0 heterocycles. The minimum Gasteiger partial charge on any atom is -0.384 e. The van der Waals surface area contributed by atoms with E-state index in [1.165, 1.54) is 6.07 Å². The Hall–Kier alpha value is -0.980. The highest BCUT2D eigenvalue weighted by molar-refractivity contribution is 6.33. The summed E-state index contributed by atoms with van der Waals surface area (Å²) in [5.74, 6) is 0. The third kappa shape index (κ3) is 6.11. The highest BCUT2D eigenvalue weighted by Crippen LogP contribution is 2.33. The normalized spacial score (nSPS) is 12.0. The molecule has 0 fully saturated rings. The molecule has 7 heteroatoms. The number of nitrogens with one attached hydrogen (secondary N) is 1. The summed E-state index contributed by atoms with van der Waals surface area (Å²) < 4.78 is 48.3. The van der Waals surface area contributed by atoms with E-state index < -0.39 is 11.7 Å². The maximum atomic E-state index is 12.5. The third-order valence-electron chi connectivity index (χ3n) is 2.70. The summed E-state index contributed by atoms with van der Waals surface area (Å²) in [6.45, 7) is 5.28. The molecule has 0 unspecified atom stereocenters. The number of halogens is 4. The summed E-state index contributed by atoms with van der Waals surface area (Å²) >= 11 is 5.85. The van der Waals surface area contributed by atoms with Crippen molar-refractivity contribution in [3.8, 4) is 0 Å². The van der Waals surface area contributed by atoms with Crippen LogP contribution in [0.1, 0.15) is 25.8 Å². The molecule has 0 spiro atoms. The molecular weight excluding hydrogens is 307 g/mol. The van der Waals surface area contributed by atoms with Crippen LogP contribution in [0.2, 0.25) is 5.02 Å². The molecule has 1 aromatic carbocycles. The molecule has 120 valence electrons. The van der Waals surface area contributed by atoms with Crippen LogP contribution in [0.4, 0.5) is 18.9 Å². The molecule has 1 aromatic rings. The van der Waals surface area contributed by atoms with Crippen LogP contribution >= 0.6 is 11.6 Å². The first-order chi connectivity index (χ1) is 9.88. The lowest BCUT2D eigenvalue weighted by Crippen LogP contribution is -2.21. The quantitative estimate of drug-likeness (QED) is 0.711. The molecule has 0 saturated heterocycles. The van der Waals surface area contributed by atoms with Gasteiger partial charge in [0.1, 0.15) is 0 Å².